The van der Waals surface area contributed by atoms with Gasteiger partial charge in [-0.1, -0.05) is 25.1 Å². The van der Waals surface area contributed by atoms with Crippen molar-refractivity contribution in [3.63, 3.8) is 0 Å². The zero-order chi connectivity index (χ0) is 14.7. The van der Waals surface area contributed by atoms with E-state index in [9.17, 15) is 0 Å². The van der Waals surface area contributed by atoms with Crippen LogP contribution in [0.3, 0.4) is 0 Å². The monoisotopic (exact) mass is 297 g/mol. The Morgan fingerprint density at radius 3 is 2.95 bits per heavy atom. The molecule has 0 aliphatic rings. The van der Waals surface area contributed by atoms with Crippen molar-refractivity contribution in [1.82, 2.24) is 15.3 Å². The lowest BCUT2D eigenvalue weighted by Gasteiger charge is -2.19. The lowest BCUT2D eigenvalue weighted by atomic mass is 9.98. The normalized spacial score (nSPS) is 12.7. The van der Waals surface area contributed by atoms with Gasteiger partial charge in [0, 0.05) is 41.3 Å². The summed E-state index contributed by atoms with van der Waals surface area (Å²) in [5, 5.41) is 9.35. The molecule has 4 heteroatoms. The molecule has 2 aromatic heterocycles. The Kier molecular flexibility index (Phi) is 4.27. The first-order valence-electron chi connectivity index (χ1n) is 7.25. The molecule has 0 saturated carbocycles. The van der Waals surface area contributed by atoms with Crippen molar-refractivity contribution in [1.29, 1.82) is 0 Å². The Hall–Kier alpha value is -1.78. The number of likely N-dealkylation sites (N-methyl/N-ethyl adjacent to an activating group) is 1. The van der Waals surface area contributed by atoms with Crippen LogP contribution in [-0.2, 0) is 6.42 Å². The second-order valence-electron chi connectivity index (χ2n) is 5.14. The predicted octanol–water partition coefficient (Wildman–Crippen LogP) is 3.89. The third kappa shape index (κ3) is 3.12. The summed E-state index contributed by atoms with van der Waals surface area (Å²) in [5.41, 5.74) is 2.43. The van der Waals surface area contributed by atoms with E-state index in [2.05, 4.69) is 51.9 Å². The van der Waals surface area contributed by atoms with Gasteiger partial charge in [-0.2, -0.15) is 0 Å². The van der Waals surface area contributed by atoms with Crippen molar-refractivity contribution in [3.05, 3.63) is 58.3 Å². The third-order valence-corrected chi connectivity index (χ3v) is 4.57. The Labute approximate surface area is 129 Å². The summed E-state index contributed by atoms with van der Waals surface area (Å²) < 4.78 is 0. The van der Waals surface area contributed by atoms with Crippen LogP contribution in [0.4, 0.5) is 0 Å². The largest absolute Gasteiger partial charge is 0.310 e. The fourth-order valence-electron chi connectivity index (χ4n) is 2.66. The number of nitrogens with one attached hydrogen (secondary N) is 1. The van der Waals surface area contributed by atoms with Gasteiger partial charge in [0.2, 0.25) is 0 Å². The van der Waals surface area contributed by atoms with Crippen LogP contribution >= 0.6 is 11.3 Å². The molecule has 0 spiro atoms. The molecule has 3 rings (SSSR count). The average molecular weight is 297 g/mol. The SMILES string of the molecule is CCNC(Cc1nc(C)cs1)c1cccc2cnccc12. The van der Waals surface area contributed by atoms with Gasteiger partial charge in [-0.05, 0) is 30.5 Å². The van der Waals surface area contributed by atoms with Crippen LogP contribution in [0.2, 0.25) is 0 Å². The number of thiazole rings is 1. The van der Waals surface area contributed by atoms with Gasteiger partial charge in [0.25, 0.3) is 0 Å². The van der Waals surface area contributed by atoms with E-state index in [1.165, 1.54) is 21.3 Å². The summed E-state index contributed by atoms with van der Waals surface area (Å²) in [5.74, 6) is 0. The summed E-state index contributed by atoms with van der Waals surface area (Å²) in [6.45, 7) is 5.13. The molecule has 0 bridgehead atoms. The summed E-state index contributed by atoms with van der Waals surface area (Å²) in [6.07, 6.45) is 4.71. The summed E-state index contributed by atoms with van der Waals surface area (Å²) >= 11 is 1.74. The average Bonchev–Trinajstić information content (AvgIpc) is 2.91. The summed E-state index contributed by atoms with van der Waals surface area (Å²) in [6, 6.07) is 8.81. The molecule has 0 aliphatic heterocycles. The first-order valence-corrected chi connectivity index (χ1v) is 8.13. The molecule has 2 heterocycles. The van der Waals surface area contributed by atoms with Gasteiger partial charge >= 0.3 is 0 Å². The molecule has 3 nitrogen and oxygen atoms in total. The minimum atomic E-state index is 0.284. The number of nitrogens with zero attached hydrogens (tertiary/aromatic N) is 2. The molecule has 1 atom stereocenters. The molecule has 1 unspecified atom stereocenters. The number of rotatable bonds is 5. The highest BCUT2D eigenvalue weighted by atomic mass is 32.1. The molecule has 0 aliphatic carbocycles. The zero-order valence-corrected chi connectivity index (χ0v) is 13.2. The third-order valence-electron chi connectivity index (χ3n) is 3.59. The lowest BCUT2D eigenvalue weighted by molar-refractivity contribution is 0.552. The van der Waals surface area contributed by atoms with E-state index < -0.39 is 0 Å². The quantitative estimate of drug-likeness (QED) is 0.776. The maximum Gasteiger partial charge on any atom is 0.0947 e. The number of aryl methyl sites for hydroxylation is 1. The van der Waals surface area contributed by atoms with E-state index in [1.54, 1.807) is 11.3 Å². The molecule has 108 valence electrons. The van der Waals surface area contributed by atoms with Gasteiger partial charge in [-0.25, -0.2) is 4.98 Å². The van der Waals surface area contributed by atoms with Crippen LogP contribution in [0.15, 0.2) is 42.0 Å². The highest BCUT2D eigenvalue weighted by Gasteiger charge is 2.15. The molecule has 1 N–H and O–H groups in total. The van der Waals surface area contributed by atoms with Crippen molar-refractivity contribution in [2.75, 3.05) is 6.54 Å². The van der Waals surface area contributed by atoms with Crippen molar-refractivity contribution in [3.8, 4) is 0 Å². The summed E-state index contributed by atoms with van der Waals surface area (Å²) in [4.78, 5) is 8.82. The standard InChI is InChI=1S/C17H19N3S/c1-3-19-16(9-17-20-12(2)11-21-17)15-6-4-5-13-10-18-8-7-14(13)15/h4-8,10-11,16,19H,3,9H2,1-2H3. The van der Waals surface area contributed by atoms with Crippen molar-refractivity contribution < 1.29 is 0 Å². The number of aromatic nitrogens is 2. The molecular formula is C17H19N3S. The van der Waals surface area contributed by atoms with E-state index >= 15 is 0 Å². The van der Waals surface area contributed by atoms with E-state index in [0.717, 1.165) is 18.7 Å². The Bertz CT molecular complexity index is 730. The molecule has 0 fully saturated rings. The molecular weight excluding hydrogens is 278 g/mol. The Morgan fingerprint density at radius 2 is 2.19 bits per heavy atom. The molecule has 21 heavy (non-hydrogen) atoms. The van der Waals surface area contributed by atoms with Crippen LogP contribution in [0.5, 0.6) is 0 Å². The second kappa shape index (κ2) is 6.33. The number of pyridine rings is 1. The minimum Gasteiger partial charge on any atom is -0.310 e. The number of fused-ring (bicyclic) bond motifs is 1. The van der Waals surface area contributed by atoms with Gasteiger partial charge in [0.05, 0.1) is 5.01 Å². The maximum absolute atomic E-state index is 4.60. The first kappa shape index (κ1) is 14.2. The summed E-state index contributed by atoms with van der Waals surface area (Å²) in [7, 11) is 0. The fourth-order valence-corrected chi connectivity index (χ4v) is 3.48. The van der Waals surface area contributed by atoms with Crippen LogP contribution in [0.25, 0.3) is 10.8 Å². The van der Waals surface area contributed by atoms with Gasteiger partial charge in [-0.15, -0.1) is 11.3 Å². The number of hydrogen-bond donors (Lipinski definition) is 1. The number of benzene rings is 1. The maximum atomic E-state index is 4.60. The van der Waals surface area contributed by atoms with Crippen molar-refractivity contribution in [2.24, 2.45) is 0 Å². The van der Waals surface area contributed by atoms with Crippen LogP contribution in [0, 0.1) is 6.92 Å². The highest BCUT2D eigenvalue weighted by Crippen LogP contribution is 2.27. The molecule has 1 aromatic carbocycles. The van der Waals surface area contributed by atoms with Gasteiger partial charge in [0.15, 0.2) is 0 Å². The Morgan fingerprint density at radius 1 is 1.29 bits per heavy atom. The van der Waals surface area contributed by atoms with Crippen LogP contribution in [0.1, 0.15) is 29.2 Å². The molecule has 0 radical (unpaired) electrons. The highest BCUT2D eigenvalue weighted by molar-refractivity contribution is 7.09. The molecule has 0 amide bonds. The molecule has 0 saturated heterocycles. The first-order chi connectivity index (χ1) is 10.3. The van der Waals surface area contributed by atoms with Crippen LogP contribution in [-0.4, -0.2) is 16.5 Å². The second-order valence-corrected chi connectivity index (χ2v) is 6.08. The van der Waals surface area contributed by atoms with E-state index in [1.807, 2.05) is 19.3 Å². The zero-order valence-electron chi connectivity index (χ0n) is 12.3. The number of hydrogen-bond acceptors (Lipinski definition) is 4. The van der Waals surface area contributed by atoms with Crippen molar-refractivity contribution >= 4 is 22.1 Å². The molecule has 3 aromatic rings. The van der Waals surface area contributed by atoms with E-state index in [4.69, 9.17) is 0 Å². The smallest absolute Gasteiger partial charge is 0.0947 e. The van der Waals surface area contributed by atoms with Crippen LogP contribution < -0.4 is 5.32 Å². The van der Waals surface area contributed by atoms with E-state index in [0.29, 0.717) is 0 Å². The lowest BCUT2D eigenvalue weighted by Crippen LogP contribution is -2.23. The van der Waals surface area contributed by atoms with Gasteiger partial charge in [0.1, 0.15) is 0 Å². The minimum absolute atomic E-state index is 0.284. The fraction of sp³-hybridized carbons (Fsp3) is 0.294. The predicted molar refractivity (Wildman–Crippen MR) is 88.7 cm³/mol. The topological polar surface area (TPSA) is 37.8 Å². The van der Waals surface area contributed by atoms with Crippen molar-refractivity contribution in [2.45, 2.75) is 26.3 Å². The van der Waals surface area contributed by atoms with Gasteiger partial charge in [-0.3, -0.25) is 4.98 Å². The van der Waals surface area contributed by atoms with Gasteiger partial charge < -0.3 is 5.32 Å². The Balaban J connectivity index is 1.98. The van der Waals surface area contributed by atoms with E-state index in [-0.39, 0.29) is 6.04 Å².